The molecule has 0 aliphatic heterocycles. The quantitative estimate of drug-likeness (QED) is 0.879. The summed E-state index contributed by atoms with van der Waals surface area (Å²) in [7, 11) is 1.77. The monoisotopic (exact) mass is 279 g/mol. The molecule has 1 fully saturated rings. The van der Waals surface area contributed by atoms with Gasteiger partial charge in [-0.3, -0.25) is 9.48 Å². The lowest BCUT2D eigenvalue weighted by molar-refractivity contribution is -0.145. The molecule has 0 atom stereocenters. The normalized spacial score (nSPS) is 17.8. The van der Waals surface area contributed by atoms with Gasteiger partial charge < -0.3 is 10.4 Å². The van der Waals surface area contributed by atoms with Crippen LogP contribution in [0.15, 0.2) is 0 Å². The first-order valence-electron chi connectivity index (χ1n) is 6.93. The second-order valence-electron chi connectivity index (χ2n) is 5.57. The summed E-state index contributed by atoms with van der Waals surface area (Å²) in [5.74, 6) is -1.28. The number of nitrogens with zero attached hydrogens (tertiary/aromatic N) is 2. The molecule has 1 heterocycles. The topological polar surface area (TPSA) is 84.2 Å². The number of aliphatic carboxylic acids is 1. The molecule has 6 nitrogen and oxygen atoms in total. The summed E-state index contributed by atoms with van der Waals surface area (Å²) < 4.78 is 1.64. The Morgan fingerprint density at radius 1 is 1.25 bits per heavy atom. The van der Waals surface area contributed by atoms with E-state index in [1.165, 1.54) is 0 Å². The minimum atomic E-state index is -1.12. The van der Waals surface area contributed by atoms with Gasteiger partial charge in [0.2, 0.25) is 0 Å². The Morgan fingerprint density at radius 2 is 1.85 bits per heavy atom. The van der Waals surface area contributed by atoms with E-state index >= 15 is 0 Å². The van der Waals surface area contributed by atoms with Gasteiger partial charge in [-0.1, -0.05) is 19.3 Å². The molecule has 1 aromatic rings. The fourth-order valence-electron chi connectivity index (χ4n) is 2.93. The molecule has 2 N–H and O–H groups in total. The number of rotatable bonds is 3. The van der Waals surface area contributed by atoms with Crippen molar-refractivity contribution in [3.63, 3.8) is 0 Å². The zero-order valence-corrected chi connectivity index (χ0v) is 12.2. The van der Waals surface area contributed by atoms with Crippen LogP contribution in [-0.4, -0.2) is 32.3 Å². The highest BCUT2D eigenvalue weighted by Crippen LogP contribution is 2.29. The Morgan fingerprint density at radius 3 is 2.30 bits per heavy atom. The van der Waals surface area contributed by atoms with Crippen LogP contribution in [0.25, 0.3) is 0 Å². The summed E-state index contributed by atoms with van der Waals surface area (Å²) in [6, 6.07) is 0. The van der Waals surface area contributed by atoms with Crippen molar-refractivity contribution in [1.82, 2.24) is 15.1 Å². The van der Waals surface area contributed by atoms with Gasteiger partial charge in [0.25, 0.3) is 5.91 Å². The van der Waals surface area contributed by atoms with Gasteiger partial charge in [-0.25, -0.2) is 4.79 Å². The first-order chi connectivity index (χ1) is 9.37. The number of carboxylic acids is 1. The number of carboxylic acid groups (broad SMARTS) is 1. The van der Waals surface area contributed by atoms with Crippen molar-refractivity contribution in [2.45, 2.75) is 51.5 Å². The number of aromatic nitrogens is 2. The summed E-state index contributed by atoms with van der Waals surface area (Å²) in [6.07, 6.45) is 3.67. The van der Waals surface area contributed by atoms with Crippen LogP contribution in [0.1, 0.15) is 53.8 Å². The summed E-state index contributed by atoms with van der Waals surface area (Å²) in [4.78, 5) is 24.0. The third kappa shape index (κ3) is 2.42. The molecule has 0 radical (unpaired) electrons. The van der Waals surface area contributed by atoms with E-state index in [0.717, 1.165) is 25.0 Å². The molecular formula is C14H21N3O3. The minimum Gasteiger partial charge on any atom is -0.480 e. The van der Waals surface area contributed by atoms with E-state index < -0.39 is 11.5 Å². The Bertz CT molecular complexity index is 542. The fraction of sp³-hybridized carbons (Fsp3) is 0.643. The molecule has 1 aliphatic carbocycles. The van der Waals surface area contributed by atoms with E-state index in [-0.39, 0.29) is 5.91 Å². The minimum absolute atomic E-state index is 0.336. The highest BCUT2D eigenvalue weighted by molar-refractivity contribution is 5.99. The standard InChI is InChI=1S/C14H21N3O3/c1-9-11(10(2)17(3)16-9)12(18)15-14(13(19)20)7-5-4-6-8-14/h4-8H2,1-3H3,(H,15,18)(H,19,20). The van der Waals surface area contributed by atoms with Gasteiger partial charge in [-0.2, -0.15) is 5.10 Å². The predicted molar refractivity (Wildman–Crippen MR) is 73.6 cm³/mol. The molecule has 1 amide bonds. The Hall–Kier alpha value is -1.85. The van der Waals surface area contributed by atoms with Crippen molar-refractivity contribution in [3.05, 3.63) is 17.0 Å². The fourth-order valence-corrected chi connectivity index (χ4v) is 2.93. The van der Waals surface area contributed by atoms with Crippen LogP contribution < -0.4 is 5.32 Å². The van der Waals surface area contributed by atoms with E-state index in [1.807, 2.05) is 6.92 Å². The molecule has 0 aromatic carbocycles. The summed E-state index contributed by atoms with van der Waals surface area (Å²) >= 11 is 0. The Kier molecular flexibility index (Phi) is 3.83. The molecule has 6 heteroatoms. The Labute approximate surface area is 118 Å². The van der Waals surface area contributed by atoms with Gasteiger partial charge in [-0.15, -0.1) is 0 Å². The van der Waals surface area contributed by atoms with Gasteiger partial charge in [0.05, 0.1) is 11.3 Å². The Balaban J connectivity index is 2.27. The average Bonchev–Trinajstić information content (AvgIpc) is 2.64. The predicted octanol–water partition coefficient (Wildman–Crippen LogP) is 1.55. The largest absolute Gasteiger partial charge is 0.480 e. The highest BCUT2D eigenvalue weighted by Gasteiger charge is 2.41. The lowest BCUT2D eigenvalue weighted by Gasteiger charge is -2.34. The summed E-state index contributed by atoms with van der Waals surface area (Å²) in [5.41, 5.74) is 0.734. The van der Waals surface area contributed by atoms with Crippen molar-refractivity contribution in [3.8, 4) is 0 Å². The van der Waals surface area contributed by atoms with Gasteiger partial charge in [0.15, 0.2) is 0 Å². The zero-order chi connectivity index (χ0) is 14.9. The number of amides is 1. The van der Waals surface area contributed by atoms with Gasteiger partial charge in [0, 0.05) is 12.7 Å². The van der Waals surface area contributed by atoms with Gasteiger partial charge in [0.1, 0.15) is 5.54 Å². The van der Waals surface area contributed by atoms with Crippen molar-refractivity contribution in [1.29, 1.82) is 0 Å². The van der Waals surface area contributed by atoms with E-state index in [4.69, 9.17) is 0 Å². The number of hydrogen-bond acceptors (Lipinski definition) is 3. The SMILES string of the molecule is Cc1nn(C)c(C)c1C(=O)NC1(C(=O)O)CCCCC1. The lowest BCUT2D eigenvalue weighted by atomic mass is 9.81. The van der Waals surface area contributed by atoms with Crippen LogP contribution in [0.4, 0.5) is 0 Å². The molecule has 110 valence electrons. The molecule has 0 bridgehead atoms. The molecule has 1 saturated carbocycles. The third-order valence-electron chi connectivity index (χ3n) is 4.21. The third-order valence-corrected chi connectivity index (χ3v) is 4.21. The zero-order valence-electron chi connectivity index (χ0n) is 12.2. The number of aryl methyl sites for hydroxylation is 2. The average molecular weight is 279 g/mol. The van der Waals surface area contributed by atoms with Gasteiger partial charge in [-0.05, 0) is 26.7 Å². The van der Waals surface area contributed by atoms with E-state index in [0.29, 0.717) is 24.1 Å². The molecular weight excluding hydrogens is 258 g/mol. The molecule has 2 rings (SSSR count). The number of carbonyl (C=O) groups is 2. The summed E-state index contributed by atoms with van der Waals surface area (Å²) in [6.45, 7) is 3.57. The maximum absolute atomic E-state index is 12.4. The molecule has 0 unspecified atom stereocenters. The van der Waals surface area contributed by atoms with E-state index in [9.17, 15) is 14.7 Å². The molecule has 20 heavy (non-hydrogen) atoms. The van der Waals surface area contributed by atoms with Crippen molar-refractivity contribution in [2.24, 2.45) is 7.05 Å². The maximum Gasteiger partial charge on any atom is 0.329 e. The summed E-state index contributed by atoms with van der Waals surface area (Å²) in [5, 5.41) is 16.4. The first-order valence-corrected chi connectivity index (χ1v) is 6.93. The van der Waals surface area contributed by atoms with Crippen molar-refractivity contribution >= 4 is 11.9 Å². The second kappa shape index (κ2) is 5.26. The molecule has 1 aromatic heterocycles. The van der Waals surface area contributed by atoms with Crippen molar-refractivity contribution in [2.75, 3.05) is 0 Å². The molecule has 0 saturated heterocycles. The van der Waals surface area contributed by atoms with Crippen LogP contribution >= 0.6 is 0 Å². The number of nitrogens with one attached hydrogen (secondary N) is 1. The molecule has 1 aliphatic rings. The van der Waals surface area contributed by atoms with Crippen LogP contribution in [0.3, 0.4) is 0 Å². The number of hydrogen-bond donors (Lipinski definition) is 2. The van der Waals surface area contributed by atoms with Crippen molar-refractivity contribution < 1.29 is 14.7 Å². The first kappa shape index (κ1) is 14.6. The van der Waals surface area contributed by atoms with Crippen LogP contribution in [0, 0.1) is 13.8 Å². The lowest BCUT2D eigenvalue weighted by Crippen LogP contribution is -2.55. The van der Waals surface area contributed by atoms with Crippen LogP contribution in [0.5, 0.6) is 0 Å². The van der Waals surface area contributed by atoms with Gasteiger partial charge >= 0.3 is 5.97 Å². The van der Waals surface area contributed by atoms with E-state index in [2.05, 4.69) is 10.4 Å². The van der Waals surface area contributed by atoms with Crippen LogP contribution in [-0.2, 0) is 11.8 Å². The highest BCUT2D eigenvalue weighted by atomic mass is 16.4. The van der Waals surface area contributed by atoms with Crippen LogP contribution in [0.2, 0.25) is 0 Å². The molecule has 0 spiro atoms. The second-order valence-corrected chi connectivity index (χ2v) is 5.57. The van der Waals surface area contributed by atoms with E-state index in [1.54, 1.807) is 18.7 Å². The maximum atomic E-state index is 12.4. The smallest absolute Gasteiger partial charge is 0.329 e. The number of carbonyl (C=O) groups excluding carboxylic acids is 1.